The van der Waals surface area contributed by atoms with Crippen molar-refractivity contribution >= 4 is 17.7 Å². The Morgan fingerprint density at radius 1 is 1.08 bits per heavy atom. The first kappa shape index (κ1) is 22.4. The van der Waals surface area contributed by atoms with Gasteiger partial charge >= 0.3 is 6.03 Å². The molecule has 0 aromatic carbocycles. The van der Waals surface area contributed by atoms with Crippen molar-refractivity contribution in [2.45, 2.75) is 66.0 Å². The normalized spacial score (nSPS) is 14.8. The standard InChI is InChI=1S/C17H34N4O3/c1-6-12(5)15(22)13(9-8-10-20-17(18)24)21-16(23)14(11(3)4)19-7-2/h11-14,19H,6-10H2,1-5H3,(H,21,23)(H3,18,20,24). The van der Waals surface area contributed by atoms with Gasteiger partial charge in [0.15, 0.2) is 5.78 Å². The molecule has 24 heavy (non-hydrogen) atoms. The zero-order chi connectivity index (χ0) is 18.7. The summed E-state index contributed by atoms with van der Waals surface area (Å²) in [7, 11) is 0. The number of carbonyl (C=O) groups excluding carboxylic acids is 3. The number of ketones is 1. The summed E-state index contributed by atoms with van der Waals surface area (Å²) in [6.07, 6.45) is 1.78. The van der Waals surface area contributed by atoms with Gasteiger partial charge in [-0.1, -0.05) is 34.6 Å². The van der Waals surface area contributed by atoms with E-state index in [1.165, 1.54) is 0 Å². The second-order valence-corrected chi connectivity index (χ2v) is 6.49. The minimum atomic E-state index is -0.587. The first-order valence-electron chi connectivity index (χ1n) is 8.85. The van der Waals surface area contributed by atoms with Gasteiger partial charge < -0.3 is 21.7 Å². The Bertz CT molecular complexity index is 413. The van der Waals surface area contributed by atoms with Crippen molar-refractivity contribution in [3.63, 3.8) is 0 Å². The molecular weight excluding hydrogens is 308 g/mol. The second kappa shape index (κ2) is 11.8. The summed E-state index contributed by atoms with van der Waals surface area (Å²) in [5.74, 6) is -0.114. The summed E-state index contributed by atoms with van der Waals surface area (Å²) in [6, 6.07) is -1.45. The van der Waals surface area contributed by atoms with Gasteiger partial charge in [-0.2, -0.15) is 0 Å². The van der Waals surface area contributed by atoms with E-state index in [0.717, 1.165) is 6.42 Å². The molecule has 0 rings (SSSR count). The molecule has 7 heteroatoms. The lowest BCUT2D eigenvalue weighted by Crippen LogP contribution is -2.53. The minimum absolute atomic E-state index is 0.0314. The topological polar surface area (TPSA) is 113 Å². The number of carbonyl (C=O) groups is 3. The largest absolute Gasteiger partial charge is 0.352 e. The highest BCUT2D eigenvalue weighted by molar-refractivity contribution is 5.92. The van der Waals surface area contributed by atoms with Gasteiger partial charge in [-0.15, -0.1) is 0 Å². The molecule has 3 atom stereocenters. The maximum atomic E-state index is 12.5. The predicted octanol–water partition coefficient (Wildman–Crippen LogP) is 1.17. The molecule has 0 aliphatic rings. The van der Waals surface area contributed by atoms with E-state index in [0.29, 0.717) is 25.9 Å². The van der Waals surface area contributed by atoms with Crippen LogP contribution in [-0.2, 0) is 9.59 Å². The number of hydrogen-bond acceptors (Lipinski definition) is 4. The van der Waals surface area contributed by atoms with Gasteiger partial charge in [0.2, 0.25) is 5.91 Å². The molecule has 0 aromatic heterocycles. The number of urea groups is 1. The highest BCUT2D eigenvalue weighted by atomic mass is 16.2. The van der Waals surface area contributed by atoms with Gasteiger partial charge in [-0.05, 0) is 31.7 Å². The van der Waals surface area contributed by atoms with Crippen LogP contribution in [0.4, 0.5) is 4.79 Å². The fraction of sp³-hybridized carbons (Fsp3) is 0.824. The number of amides is 3. The number of Topliss-reactive ketones (excluding diaryl/α,β-unsaturated/α-hetero) is 1. The average molecular weight is 342 g/mol. The van der Waals surface area contributed by atoms with Crippen LogP contribution in [0.1, 0.15) is 53.9 Å². The fourth-order valence-electron chi connectivity index (χ4n) is 2.46. The van der Waals surface area contributed by atoms with Gasteiger partial charge in [0.25, 0.3) is 0 Å². The molecular formula is C17H34N4O3. The van der Waals surface area contributed by atoms with Crippen molar-refractivity contribution in [1.82, 2.24) is 16.0 Å². The van der Waals surface area contributed by atoms with Crippen LogP contribution < -0.4 is 21.7 Å². The summed E-state index contributed by atoms with van der Waals surface area (Å²) in [5, 5.41) is 8.55. The van der Waals surface area contributed by atoms with Crippen LogP contribution in [0.2, 0.25) is 0 Å². The van der Waals surface area contributed by atoms with E-state index in [-0.39, 0.29) is 29.6 Å². The molecule has 0 aromatic rings. The third kappa shape index (κ3) is 8.29. The van der Waals surface area contributed by atoms with Gasteiger partial charge in [0, 0.05) is 12.5 Å². The Morgan fingerprint density at radius 3 is 2.17 bits per heavy atom. The van der Waals surface area contributed by atoms with Gasteiger partial charge in [-0.25, -0.2) is 4.79 Å². The van der Waals surface area contributed by atoms with Crippen molar-refractivity contribution in [3.8, 4) is 0 Å². The van der Waals surface area contributed by atoms with E-state index < -0.39 is 12.1 Å². The van der Waals surface area contributed by atoms with Crippen LogP contribution in [0.5, 0.6) is 0 Å². The first-order chi connectivity index (χ1) is 11.2. The molecule has 7 nitrogen and oxygen atoms in total. The smallest absolute Gasteiger partial charge is 0.312 e. The van der Waals surface area contributed by atoms with Gasteiger partial charge in [0.05, 0.1) is 12.1 Å². The molecule has 0 saturated heterocycles. The van der Waals surface area contributed by atoms with E-state index in [1.807, 2.05) is 34.6 Å². The van der Waals surface area contributed by atoms with Crippen molar-refractivity contribution < 1.29 is 14.4 Å². The molecule has 3 unspecified atom stereocenters. The lowest BCUT2D eigenvalue weighted by atomic mass is 9.93. The predicted molar refractivity (Wildman–Crippen MR) is 95.5 cm³/mol. The van der Waals surface area contributed by atoms with E-state index >= 15 is 0 Å². The first-order valence-corrected chi connectivity index (χ1v) is 8.85. The number of hydrogen-bond donors (Lipinski definition) is 4. The quantitative estimate of drug-likeness (QED) is 0.399. The maximum Gasteiger partial charge on any atom is 0.312 e. The van der Waals surface area contributed by atoms with Crippen molar-refractivity contribution in [2.75, 3.05) is 13.1 Å². The monoisotopic (exact) mass is 342 g/mol. The molecule has 140 valence electrons. The highest BCUT2D eigenvalue weighted by Crippen LogP contribution is 2.11. The molecule has 0 radical (unpaired) electrons. The van der Waals surface area contributed by atoms with Crippen LogP contribution in [0.25, 0.3) is 0 Å². The Labute approximate surface area is 145 Å². The van der Waals surface area contributed by atoms with E-state index in [9.17, 15) is 14.4 Å². The lowest BCUT2D eigenvalue weighted by Gasteiger charge is -2.26. The summed E-state index contributed by atoms with van der Waals surface area (Å²) >= 11 is 0. The summed E-state index contributed by atoms with van der Waals surface area (Å²) in [6.45, 7) is 10.8. The average Bonchev–Trinajstić information content (AvgIpc) is 2.53. The zero-order valence-corrected chi connectivity index (χ0v) is 15.6. The molecule has 3 amide bonds. The molecule has 0 saturated carbocycles. The number of nitrogens with one attached hydrogen (secondary N) is 3. The molecule has 0 fully saturated rings. The molecule has 0 heterocycles. The zero-order valence-electron chi connectivity index (χ0n) is 15.6. The third-order valence-corrected chi connectivity index (χ3v) is 4.10. The van der Waals surface area contributed by atoms with Crippen LogP contribution in [0.15, 0.2) is 0 Å². The van der Waals surface area contributed by atoms with Crippen LogP contribution in [0, 0.1) is 11.8 Å². The summed E-state index contributed by atoms with van der Waals surface area (Å²) < 4.78 is 0. The molecule has 0 bridgehead atoms. The molecule has 0 aliphatic heterocycles. The Balaban J connectivity index is 4.87. The molecule has 5 N–H and O–H groups in total. The molecule has 0 aliphatic carbocycles. The number of rotatable bonds is 12. The minimum Gasteiger partial charge on any atom is -0.352 e. The second-order valence-electron chi connectivity index (χ2n) is 6.49. The third-order valence-electron chi connectivity index (χ3n) is 4.10. The highest BCUT2D eigenvalue weighted by Gasteiger charge is 2.28. The lowest BCUT2D eigenvalue weighted by molar-refractivity contribution is -0.131. The van der Waals surface area contributed by atoms with E-state index in [1.54, 1.807) is 0 Å². The van der Waals surface area contributed by atoms with Gasteiger partial charge in [0.1, 0.15) is 0 Å². The Kier molecular flexibility index (Phi) is 11.0. The Hall–Kier alpha value is -1.63. The van der Waals surface area contributed by atoms with Crippen molar-refractivity contribution in [3.05, 3.63) is 0 Å². The van der Waals surface area contributed by atoms with Crippen LogP contribution in [0.3, 0.4) is 0 Å². The fourth-order valence-corrected chi connectivity index (χ4v) is 2.46. The van der Waals surface area contributed by atoms with Crippen molar-refractivity contribution in [1.29, 1.82) is 0 Å². The maximum absolute atomic E-state index is 12.5. The van der Waals surface area contributed by atoms with Crippen molar-refractivity contribution in [2.24, 2.45) is 17.6 Å². The summed E-state index contributed by atoms with van der Waals surface area (Å²) in [5.41, 5.74) is 5.03. The van der Waals surface area contributed by atoms with E-state index in [2.05, 4.69) is 16.0 Å². The number of nitrogens with two attached hydrogens (primary N) is 1. The number of primary amides is 1. The van der Waals surface area contributed by atoms with Crippen LogP contribution in [-0.4, -0.2) is 42.9 Å². The van der Waals surface area contributed by atoms with Gasteiger partial charge in [-0.3, -0.25) is 9.59 Å². The summed E-state index contributed by atoms with van der Waals surface area (Å²) in [4.78, 5) is 35.8. The van der Waals surface area contributed by atoms with Crippen LogP contribution >= 0.6 is 0 Å². The molecule has 0 spiro atoms. The van der Waals surface area contributed by atoms with E-state index in [4.69, 9.17) is 5.73 Å². The Morgan fingerprint density at radius 2 is 1.71 bits per heavy atom. The SMILES string of the molecule is CCNC(C(=O)NC(CCCNC(N)=O)C(=O)C(C)CC)C(C)C. The number of likely N-dealkylation sites (N-methyl/N-ethyl adjacent to an activating group) is 1.